The monoisotopic (exact) mass is 435 g/mol. The summed E-state index contributed by atoms with van der Waals surface area (Å²) in [7, 11) is -2.84. The highest BCUT2D eigenvalue weighted by Gasteiger charge is 2.43. The number of allylic oxidation sites excluding steroid dienone is 1. The Morgan fingerprint density at radius 3 is 1.90 bits per heavy atom. The van der Waals surface area contributed by atoms with E-state index < -0.39 is 15.3 Å². The molecular formula is C20H27N3O4P2. The third kappa shape index (κ3) is 5.39. The fraction of sp³-hybridized carbons (Fsp3) is 0.300. The van der Waals surface area contributed by atoms with E-state index in [4.69, 9.17) is 13.6 Å². The maximum absolute atomic E-state index is 13.9. The third-order valence-corrected chi connectivity index (χ3v) is 9.74. The van der Waals surface area contributed by atoms with Crippen molar-refractivity contribution in [2.45, 2.75) is 6.92 Å². The fourth-order valence-electron chi connectivity index (χ4n) is 2.84. The first-order valence-electron chi connectivity index (χ1n) is 9.39. The van der Waals surface area contributed by atoms with Gasteiger partial charge in [0.05, 0.1) is 6.61 Å². The zero-order valence-electron chi connectivity index (χ0n) is 16.9. The molecule has 1 aliphatic rings. The zero-order valence-corrected chi connectivity index (χ0v) is 18.7. The van der Waals surface area contributed by atoms with Crippen molar-refractivity contribution in [1.29, 1.82) is 0 Å². The van der Waals surface area contributed by atoms with Crippen LogP contribution in [0.15, 0.2) is 77.3 Å². The average Bonchev–Trinajstić information content (AvgIpc) is 2.97. The van der Waals surface area contributed by atoms with Gasteiger partial charge in [0.2, 0.25) is 7.58 Å². The lowest BCUT2D eigenvalue weighted by Crippen LogP contribution is -2.17. The molecule has 1 saturated heterocycles. The summed E-state index contributed by atoms with van der Waals surface area (Å²) >= 11 is 0. The summed E-state index contributed by atoms with van der Waals surface area (Å²) in [5.41, 5.74) is 0. The van der Waals surface area contributed by atoms with E-state index in [1.165, 1.54) is 0 Å². The van der Waals surface area contributed by atoms with Crippen molar-refractivity contribution in [2.24, 2.45) is 4.52 Å². The largest absolute Gasteiger partial charge is 0.566 e. The van der Waals surface area contributed by atoms with E-state index in [0.29, 0.717) is 18.1 Å². The molecule has 1 heterocycles. The standard InChI is InChI=1S/C20H27N3O4P2/c1-4-5-18-25-28(22(2)16-17-23(28)3)21-29(24,26-19-12-8-6-9-13-19)27-20-14-10-7-11-15-20/h4-15H,16-18H2,1-3H3/b5-4-. The summed E-state index contributed by atoms with van der Waals surface area (Å²) in [6.45, 7) is 3.79. The molecule has 3 rings (SSSR count). The van der Waals surface area contributed by atoms with Crippen molar-refractivity contribution in [3.63, 3.8) is 0 Å². The second kappa shape index (κ2) is 9.75. The maximum atomic E-state index is 13.9. The summed E-state index contributed by atoms with van der Waals surface area (Å²) < 4.78 is 40.5. The fourth-order valence-corrected chi connectivity index (χ4v) is 8.28. The molecule has 0 aromatic heterocycles. The van der Waals surface area contributed by atoms with Crippen molar-refractivity contribution < 1.29 is 18.1 Å². The lowest BCUT2D eigenvalue weighted by atomic mass is 10.3. The van der Waals surface area contributed by atoms with Crippen LogP contribution in [0.2, 0.25) is 0 Å². The minimum absolute atomic E-state index is 0.360. The SMILES string of the molecule is C/C=C\COP1(=NP(=O)(Oc2ccccc2)Oc2ccccc2)N(C)CCN1C. The van der Waals surface area contributed by atoms with Crippen LogP contribution in [0.1, 0.15) is 6.92 Å². The summed E-state index contributed by atoms with van der Waals surface area (Å²) in [6.07, 6.45) is 3.81. The molecule has 0 atom stereocenters. The van der Waals surface area contributed by atoms with Gasteiger partial charge in [0.1, 0.15) is 11.5 Å². The Kier molecular flexibility index (Phi) is 7.33. The Morgan fingerprint density at radius 1 is 0.966 bits per heavy atom. The molecule has 1 aliphatic heterocycles. The average molecular weight is 435 g/mol. The topological polar surface area (TPSA) is 63.6 Å². The van der Waals surface area contributed by atoms with Gasteiger partial charge in [-0.25, -0.2) is 13.9 Å². The van der Waals surface area contributed by atoms with E-state index in [2.05, 4.69) is 4.52 Å². The summed E-state index contributed by atoms with van der Waals surface area (Å²) in [5.74, 6) is 0.846. The molecule has 0 N–H and O–H groups in total. The molecule has 2 aromatic rings. The minimum atomic E-state index is -3.96. The molecule has 29 heavy (non-hydrogen) atoms. The van der Waals surface area contributed by atoms with E-state index in [1.807, 2.05) is 78.9 Å². The van der Waals surface area contributed by atoms with E-state index in [9.17, 15) is 4.57 Å². The minimum Gasteiger partial charge on any atom is -0.399 e. The van der Waals surface area contributed by atoms with Gasteiger partial charge in [-0.3, -0.25) is 0 Å². The number of nitrogens with zero attached hydrogens (tertiary/aromatic N) is 3. The van der Waals surface area contributed by atoms with Gasteiger partial charge < -0.3 is 13.6 Å². The predicted octanol–water partition coefficient (Wildman–Crippen LogP) is 5.67. The number of para-hydroxylation sites is 2. The molecule has 0 aliphatic carbocycles. The van der Waals surface area contributed by atoms with Crippen LogP contribution in [0.25, 0.3) is 0 Å². The molecule has 9 heteroatoms. The number of rotatable bonds is 8. The summed E-state index contributed by atoms with van der Waals surface area (Å²) in [4.78, 5) is 0. The second-order valence-corrected chi connectivity index (χ2v) is 11.2. The van der Waals surface area contributed by atoms with Gasteiger partial charge in [-0.15, -0.1) is 4.52 Å². The van der Waals surface area contributed by atoms with Crippen molar-refractivity contribution in [3.8, 4) is 11.5 Å². The van der Waals surface area contributed by atoms with Gasteiger partial charge in [-0.05, 0) is 45.3 Å². The highest BCUT2D eigenvalue weighted by molar-refractivity contribution is 7.67. The van der Waals surface area contributed by atoms with Gasteiger partial charge in [-0.2, -0.15) is 0 Å². The Morgan fingerprint density at radius 2 is 1.45 bits per heavy atom. The van der Waals surface area contributed by atoms with Crippen LogP contribution >= 0.6 is 15.3 Å². The molecule has 0 saturated carbocycles. The highest BCUT2D eigenvalue weighted by Crippen LogP contribution is 2.67. The Bertz CT molecular complexity index is 862. The van der Waals surface area contributed by atoms with Crippen LogP contribution in [-0.2, 0) is 9.09 Å². The molecular weight excluding hydrogens is 408 g/mol. The molecule has 0 bridgehead atoms. The molecule has 7 nitrogen and oxygen atoms in total. The van der Waals surface area contributed by atoms with Crippen molar-refractivity contribution in [3.05, 3.63) is 72.8 Å². The predicted molar refractivity (Wildman–Crippen MR) is 117 cm³/mol. The van der Waals surface area contributed by atoms with Crippen molar-refractivity contribution >= 4 is 15.3 Å². The number of likely N-dealkylation sites (N-methyl/N-ethyl adjacent to an activating group) is 2. The molecule has 2 aromatic carbocycles. The first-order valence-corrected chi connectivity index (χ1v) is 12.5. The van der Waals surface area contributed by atoms with Gasteiger partial charge in [-0.1, -0.05) is 48.6 Å². The Balaban J connectivity index is 2.05. The lowest BCUT2D eigenvalue weighted by molar-refractivity contribution is 0.336. The van der Waals surface area contributed by atoms with Crippen LogP contribution < -0.4 is 9.05 Å². The van der Waals surface area contributed by atoms with Gasteiger partial charge in [0, 0.05) is 13.1 Å². The molecule has 0 radical (unpaired) electrons. The van der Waals surface area contributed by atoms with Crippen LogP contribution in [0.4, 0.5) is 0 Å². The van der Waals surface area contributed by atoms with Crippen LogP contribution in [0, 0.1) is 0 Å². The van der Waals surface area contributed by atoms with Crippen molar-refractivity contribution in [1.82, 2.24) is 9.34 Å². The van der Waals surface area contributed by atoms with E-state index in [0.717, 1.165) is 13.1 Å². The van der Waals surface area contributed by atoms with Crippen LogP contribution in [-0.4, -0.2) is 43.1 Å². The number of benzene rings is 2. The number of hydrogen-bond donors (Lipinski definition) is 0. The molecule has 1 fully saturated rings. The maximum Gasteiger partial charge on any atom is 0.566 e. The first-order chi connectivity index (χ1) is 14.0. The van der Waals surface area contributed by atoms with Crippen LogP contribution in [0.3, 0.4) is 0 Å². The lowest BCUT2D eigenvalue weighted by Gasteiger charge is -2.31. The van der Waals surface area contributed by atoms with E-state index >= 15 is 0 Å². The molecule has 0 spiro atoms. The normalized spacial score (nSPS) is 17.5. The molecule has 0 unspecified atom stereocenters. The van der Waals surface area contributed by atoms with E-state index in [1.54, 1.807) is 24.3 Å². The second-order valence-electron chi connectivity index (χ2n) is 6.51. The quantitative estimate of drug-likeness (QED) is 0.393. The highest BCUT2D eigenvalue weighted by atomic mass is 31.2. The molecule has 156 valence electrons. The van der Waals surface area contributed by atoms with E-state index in [-0.39, 0.29) is 0 Å². The van der Waals surface area contributed by atoms with Gasteiger partial charge in [0.25, 0.3) is 0 Å². The zero-order chi connectivity index (χ0) is 20.7. The molecule has 0 amide bonds. The third-order valence-electron chi connectivity index (χ3n) is 4.37. The smallest absolute Gasteiger partial charge is 0.399 e. The van der Waals surface area contributed by atoms with Crippen LogP contribution in [0.5, 0.6) is 11.5 Å². The Hall–Kier alpha value is -1.88. The van der Waals surface area contributed by atoms with Gasteiger partial charge >= 0.3 is 7.75 Å². The number of hydrogen-bond acceptors (Lipinski definition) is 4. The van der Waals surface area contributed by atoms with Gasteiger partial charge in [0.15, 0.2) is 0 Å². The van der Waals surface area contributed by atoms with Crippen molar-refractivity contribution in [2.75, 3.05) is 33.8 Å². The Labute approximate surface area is 172 Å². The first kappa shape index (κ1) is 21.8. The summed E-state index contributed by atoms with van der Waals surface area (Å²) in [5, 5.41) is 0. The summed E-state index contributed by atoms with van der Waals surface area (Å²) in [6, 6.07) is 17.9.